The van der Waals surface area contributed by atoms with Crippen LogP contribution >= 0.6 is 0 Å². The van der Waals surface area contributed by atoms with Crippen LogP contribution in [0, 0.1) is 6.92 Å². The van der Waals surface area contributed by atoms with Crippen molar-refractivity contribution < 1.29 is 8.94 Å². The van der Waals surface area contributed by atoms with Crippen LogP contribution in [0.25, 0.3) is 0 Å². The highest BCUT2D eigenvalue weighted by atomic mass is 16.5. The van der Waals surface area contributed by atoms with Crippen LogP contribution in [-0.2, 0) is 6.54 Å². The van der Waals surface area contributed by atoms with Crippen molar-refractivity contribution in [2.75, 3.05) is 0 Å². The van der Waals surface area contributed by atoms with Gasteiger partial charge in [-0.15, -0.1) is 0 Å². The molecule has 2 aromatic rings. The first-order valence-corrected chi connectivity index (χ1v) is 4.81. The van der Waals surface area contributed by atoms with E-state index in [9.17, 15) is 0 Å². The zero-order valence-corrected chi connectivity index (χ0v) is 8.73. The first-order valence-electron chi connectivity index (χ1n) is 4.81. The number of rotatable bonds is 4. The molecule has 2 heterocycles. The van der Waals surface area contributed by atoms with Crippen molar-refractivity contribution in [1.29, 1.82) is 0 Å². The Hall–Kier alpha value is -1.62. The molecular weight excluding hydrogens is 194 g/mol. The first-order chi connectivity index (χ1) is 7.25. The molecule has 15 heavy (non-hydrogen) atoms. The van der Waals surface area contributed by atoms with Crippen molar-refractivity contribution in [3.63, 3.8) is 0 Å². The molecule has 1 atom stereocenters. The van der Waals surface area contributed by atoms with Crippen molar-refractivity contribution in [1.82, 2.24) is 15.5 Å². The third-order valence-corrected chi connectivity index (χ3v) is 2.10. The standard InChI is InChI=1S/C10H13N3O2/c1-7(9-4-3-5-14-9)11-6-10-12-8(2)13-15-10/h3-5,7,11H,6H2,1-2H3. The smallest absolute Gasteiger partial charge is 0.240 e. The van der Waals surface area contributed by atoms with Gasteiger partial charge in [0.25, 0.3) is 0 Å². The Morgan fingerprint density at radius 1 is 1.53 bits per heavy atom. The highest BCUT2D eigenvalue weighted by Gasteiger charge is 2.09. The largest absolute Gasteiger partial charge is 0.468 e. The lowest BCUT2D eigenvalue weighted by Crippen LogP contribution is -2.17. The van der Waals surface area contributed by atoms with Crippen LogP contribution in [0.2, 0.25) is 0 Å². The molecule has 0 aromatic carbocycles. The van der Waals surface area contributed by atoms with E-state index in [1.165, 1.54) is 0 Å². The Labute approximate surface area is 87.5 Å². The zero-order valence-electron chi connectivity index (χ0n) is 8.73. The molecule has 2 rings (SSSR count). The number of nitrogens with one attached hydrogen (secondary N) is 1. The van der Waals surface area contributed by atoms with E-state index in [1.54, 1.807) is 13.2 Å². The lowest BCUT2D eigenvalue weighted by atomic mass is 10.2. The lowest BCUT2D eigenvalue weighted by molar-refractivity contribution is 0.348. The number of furan rings is 1. The second kappa shape index (κ2) is 4.27. The van der Waals surface area contributed by atoms with Crippen LogP contribution in [-0.4, -0.2) is 10.1 Å². The fraction of sp³-hybridized carbons (Fsp3) is 0.400. The van der Waals surface area contributed by atoms with Gasteiger partial charge in [-0.2, -0.15) is 4.98 Å². The third-order valence-electron chi connectivity index (χ3n) is 2.10. The molecule has 0 aliphatic carbocycles. The van der Waals surface area contributed by atoms with E-state index in [0.29, 0.717) is 18.3 Å². The van der Waals surface area contributed by atoms with Crippen molar-refractivity contribution in [2.45, 2.75) is 26.4 Å². The van der Waals surface area contributed by atoms with E-state index in [1.807, 2.05) is 19.1 Å². The summed E-state index contributed by atoms with van der Waals surface area (Å²) in [6.07, 6.45) is 1.66. The van der Waals surface area contributed by atoms with E-state index in [2.05, 4.69) is 15.5 Å². The van der Waals surface area contributed by atoms with E-state index in [4.69, 9.17) is 8.94 Å². The molecule has 0 spiro atoms. The molecule has 0 saturated heterocycles. The molecule has 0 fully saturated rings. The predicted molar refractivity (Wildman–Crippen MR) is 53.0 cm³/mol. The summed E-state index contributed by atoms with van der Waals surface area (Å²) < 4.78 is 10.2. The van der Waals surface area contributed by atoms with E-state index >= 15 is 0 Å². The summed E-state index contributed by atoms with van der Waals surface area (Å²) in [5, 5.41) is 6.93. The SMILES string of the molecule is Cc1noc(CNC(C)c2ccco2)n1. The molecule has 1 N–H and O–H groups in total. The van der Waals surface area contributed by atoms with Gasteiger partial charge >= 0.3 is 0 Å². The van der Waals surface area contributed by atoms with Gasteiger partial charge in [-0.1, -0.05) is 5.16 Å². The minimum Gasteiger partial charge on any atom is -0.468 e. The number of aromatic nitrogens is 2. The Morgan fingerprint density at radius 3 is 3.00 bits per heavy atom. The molecule has 0 bridgehead atoms. The fourth-order valence-electron chi connectivity index (χ4n) is 1.29. The summed E-state index contributed by atoms with van der Waals surface area (Å²) in [5.74, 6) is 2.13. The van der Waals surface area contributed by atoms with E-state index in [-0.39, 0.29) is 6.04 Å². The van der Waals surface area contributed by atoms with Gasteiger partial charge in [-0.3, -0.25) is 5.32 Å². The predicted octanol–water partition coefficient (Wildman–Crippen LogP) is 1.82. The molecule has 5 nitrogen and oxygen atoms in total. The summed E-state index contributed by atoms with van der Waals surface area (Å²) in [5.41, 5.74) is 0. The molecule has 0 radical (unpaired) electrons. The molecule has 0 saturated carbocycles. The summed E-state index contributed by atoms with van der Waals surface area (Å²) in [6, 6.07) is 3.92. The van der Waals surface area contributed by atoms with Gasteiger partial charge < -0.3 is 8.94 Å². The van der Waals surface area contributed by atoms with Crippen molar-refractivity contribution >= 4 is 0 Å². The lowest BCUT2D eigenvalue weighted by Gasteiger charge is -2.08. The van der Waals surface area contributed by atoms with E-state index < -0.39 is 0 Å². The molecule has 0 aliphatic rings. The second-order valence-electron chi connectivity index (χ2n) is 3.35. The molecule has 5 heteroatoms. The first kappa shape index (κ1) is 9.92. The molecule has 2 aromatic heterocycles. The molecule has 80 valence electrons. The van der Waals surface area contributed by atoms with E-state index in [0.717, 1.165) is 5.76 Å². The van der Waals surface area contributed by atoms with Crippen LogP contribution in [0.4, 0.5) is 0 Å². The summed E-state index contributed by atoms with van der Waals surface area (Å²) in [4.78, 5) is 4.09. The molecule has 0 amide bonds. The zero-order chi connectivity index (χ0) is 10.7. The van der Waals surface area contributed by atoms with Crippen LogP contribution < -0.4 is 5.32 Å². The molecule has 0 aliphatic heterocycles. The Morgan fingerprint density at radius 2 is 2.40 bits per heavy atom. The van der Waals surface area contributed by atoms with Gasteiger partial charge in [-0.05, 0) is 26.0 Å². The number of hydrogen-bond acceptors (Lipinski definition) is 5. The van der Waals surface area contributed by atoms with Gasteiger partial charge in [0, 0.05) is 0 Å². The minimum absolute atomic E-state index is 0.132. The molecular formula is C10H13N3O2. The maximum Gasteiger partial charge on any atom is 0.240 e. The second-order valence-corrected chi connectivity index (χ2v) is 3.35. The van der Waals surface area contributed by atoms with Crippen LogP contribution in [0.5, 0.6) is 0 Å². The van der Waals surface area contributed by atoms with Gasteiger partial charge in [0.1, 0.15) is 5.76 Å². The van der Waals surface area contributed by atoms with Crippen LogP contribution in [0.3, 0.4) is 0 Å². The van der Waals surface area contributed by atoms with Crippen molar-refractivity contribution in [2.24, 2.45) is 0 Å². The minimum atomic E-state index is 0.132. The quantitative estimate of drug-likeness (QED) is 0.828. The maximum absolute atomic E-state index is 5.26. The van der Waals surface area contributed by atoms with Gasteiger partial charge in [-0.25, -0.2) is 0 Å². The highest BCUT2D eigenvalue weighted by molar-refractivity contribution is 5.03. The van der Waals surface area contributed by atoms with Crippen molar-refractivity contribution in [3.8, 4) is 0 Å². The van der Waals surface area contributed by atoms with Gasteiger partial charge in [0.2, 0.25) is 5.89 Å². The number of hydrogen-bond donors (Lipinski definition) is 1. The number of aryl methyl sites for hydroxylation is 1. The topological polar surface area (TPSA) is 64.1 Å². The average molecular weight is 207 g/mol. The number of nitrogens with zero attached hydrogens (tertiary/aromatic N) is 2. The Kier molecular flexibility index (Phi) is 2.82. The normalized spacial score (nSPS) is 12.9. The van der Waals surface area contributed by atoms with Gasteiger partial charge in [0.15, 0.2) is 5.82 Å². The Bertz CT molecular complexity index is 408. The summed E-state index contributed by atoms with van der Waals surface area (Å²) in [6.45, 7) is 4.35. The average Bonchev–Trinajstić information content (AvgIpc) is 2.84. The van der Waals surface area contributed by atoms with Crippen molar-refractivity contribution in [3.05, 3.63) is 35.9 Å². The summed E-state index contributed by atoms with van der Waals surface area (Å²) >= 11 is 0. The van der Waals surface area contributed by atoms with Gasteiger partial charge in [0.05, 0.1) is 18.8 Å². The van der Waals surface area contributed by atoms with Crippen LogP contribution in [0.15, 0.2) is 27.3 Å². The Balaban J connectivity index is 1.88. The maximum atomic E-state index is 5.26. The summed E-state index contributed by atoms with van der Waals surface area (Å²) in [7, 11) is 0. The van der Waals surface area contributed by atoms with Crippen LogP contribution in [0.1, 0.15) is 30.4 Å². The monoisotopic (exact) mass is 207 g/mol. The highest BCUT2D eigenvalue weighted by Crippen LogP contribution is 2.12. The molecule has 1 unspecified atom stereocenters. The third kappa shape index (κ3) is 2.44. The fourth-order valence-corrected chi connectivity index (χ4v) is 1.29.